The molecule has 0 unspecified atom stereocenters. The lowest BCUT2D eigenvalue weighted by Gasteiger charge is -2.38. The minimum atomic E-state index is -0.838. The van der Waals surface area contributed by atoms with Crippen molar-refractivity contribution in [2.75, 3.05) is 13.7 Å². The van der Waals surface area contributed by atoms with E-state index in [2.05, 4.69) is 17.4 Å². The van der Waals surface area contributed by atoms with Crippen LogP contribution in [0.3, 0.4) is 0 Å². The molecule has 3 N–H and O–H groups in total. The Kier molecular flexibility index (Phi) is 5.12. The maximum absolute atomic E-state index is 12.1. The highest BCUT2D eigenvalue weighted by Gasteiger charge is 2.35. The van der Waals surface area contributed by atoms with Gasteiger partial charge in [-0.1, -0.05) is 31.4 Å². The van der Waals surface area contributed by atoms with E-state index in [-0.39, 0.29) is 11.3 Å². The third-order valence-electron chi connectivity index (χ3n) is 4.69. The number of hydrogen-bond donors (Lipinski definition) is 2. The van der Waals surface area contributed by atoms with Crippen LogP contribution in [0.2, 0.25) is 0 Å². The highest BCUT2D eigenvalue weighted by molar-refractivity contribution is 5.85. The second kappa shape index (κ2) is 6.69. The minimum Gasteiger partial charge on any atom is -0.497 e. The summed E-state index contributed by atoms with van der Waals surface area (Å²) in [5, 5.41) is 3.07. The van der Waals surface area contributed by atoms with Gasteiger partial charge in [-0.25, -0.2) is 0 Å². The fourth-order valence-electron chi connectivity index (χ4n) is 3.22. The van der Waals surface area contributed by atoms with E-state index in [1.54, 1.807) is 21.0 Å². The maximum Gasteiger partial charge on any atom is 0.239 e. The molecule has 0 spiro atoms. The zero-order chi connectivity index (χ0) is 16.2. The van der Waals surface area contributed by atoms with Crippen molar-refractivity contribution in [1.82, 2.24) is 5.32 Å². The van der Waals surface area contributed by atoms with E-state index in [0.717, 1.165) is 18.6 Å². The van der Waals surface area contributed by atoms with Crippen molar-refractivity contribution in [2.45, 2.75) is 56.9 Å². The van der Waals surface area contributed by atoms with Crippen LogP contribution in [-0.2, 0) is 10.2 Å². The Labute approximate surface area is 133 Å². The highest BCUT2D eigenvalue weighted by Crippen LogP contribution is 2.39. The molecule has 1 fully saturated rings. The van der Waals surface area contributed by atoms with E-state index >= 15 is 0 Å². The molecule has 1 aliphatic rings. The Bertz CT molecular complexity index is 497. The SMILES string of the molecule is COc1ccc(C2(CNC(=O)C(C)(C)N)CCCCC2)cc1. The standard InChI is InChI=1S/C18H28N2O2/c1-17(2,19)16(21)20-13-18(11-5-4-6-12-18)14-7-9-15(22-3)10-8-14/h7-10H,4-6,11-13,19H2,1-3H3,(H,20,21). The van der Waals surface area contributed by atoms with Crippen LogP contribution >= 0.6 is 0 Å². The van der Waals surface area contributed by atoms with Crippen LogP contribution < -0.4 is 15.8 Å². The summed E-state index contributed by atoms with van der Waals surface area (Å²) in [6.45, 7) is 4.13. The van der Waals surface area contributed by atoms with Crippen LogP contribution in [-0.4, -0.2) is 25.1 Å². The molecule has 0 aromatic heterocycles. The second-order valence-electron chi connectivity index (χ2n) is 6.97. The summed E-state index contributed by atoms with van der Waals surface area (Å²) in [4.78, 5) is 12.1. The molecule has 0 atom stereocenters. The van der Waals surface area contributed by atoms with Gasteiger partial charge in [0.1, 0.15) is 5.75 Å². The molecule has 0 saturated heterocycles. The zero-order valence-electron chi connectivity index (χ0n) is 13.9. The first-order valence-corrected chi connectivity index (χ1v) is 8.09. The number of nitrogens with two attached hydrogens (primary N) is 1. The van der Waals surface area contributed by atoms with Crippen LogP contribution in [0.4, 0.5) is 0 Å². The van der Waals surface area contributed by atoms with Crippen molar-refractivity contribution < 1.29 is 9.53 Å². The Morgan fingerprint density at radius 3 is 2.32 bits per heavy atom. The van der Waals surface area contributed by atoms with Crippen molar-refractivity contribution in [2.24, 2.45) is 5.73 Å². The minimum absolute atomic E-state index is 0.0193. The van der Waals surface area contributed by atoms with Gasteiger partial charge >= 0.3 is 0 Å². The molecule has 2 rings (SSSR count). The van der Waals surface area contributed by atoms with Crippen LogP contribution in [0.15, 0.2) is 24.3 Å². The third kappa shape index (κ3) is 3.80. The number of amides is 1. The molecule has 0 radical (unpaired) electrons. The molecule has 4 heteroatoms. The smallest absolute Gasteiger partial charge is 0.239 e. The number of rotatable bonds is 5. The molecular weight excluding hydrogens is 276 g/mol. The normalized spacial score (nSPS) is 17.8. The van der Waals surface area contributed by atoms with Gasteiger partial charge in [-0.15, -0.1) is 0 Å². The van der Waals surface area contributed by atoms with E-state index in [9.17, 15) is 4.79 Å². The Morgan fingerprint density at radius 1 is 1.23 bits per heavy atom. The van der Waals surface area contributed by atoms with Crippen molar-refractivity contribution in [3.63, 3.8) is 0 Å². The van der Waals surface area contributed by atoms with E-state index in [1.807, 2.05) is 12.1 Å². The fraction of sp³-hybridized carbons (Fsp3) is 0.611. The van der Waals surface area contributed by atoms with E-state index in [0.29, 0.717) is 6.54 Å². The predicted molar refractivity (Wildman–Crippen MR) is 89.0 cm³/mol. The molecule has 0 heterocycles. The van der Waals surface area contributed by atoms with Gasteiger partial charge in [-0.3, -0.25) is 4.79 Å². The molecule has 0 aliphatic heterocycles. The lowest BCUT2D eigenvalue weighted by molar-refractivity contribution is -0.125. The first-order valence-electron chi connectivity index (χ1n) is 8.09. The van der Waals surface area contributed by atoms with E-state index < -0.39 is 5.54 Å². The molecule has 1 saturated carbocycles. The predicted octanol–water partition coefficient (Wildman–Crippen LogP) is 2.75. The monoisotopic (exact) mass is 304 g/mol. The molecule has 1 aromatic carbocycles. The van der Waals surface area contributed by atoms with Crippen molar-refractivity contribution >= 4 is 5.91 Å². The fourth-order valence-corrected chi connectivity index (χ4v) is 3.22. The van der Waals surface area contributed by atoms with E-state index in [1.165, 1.54) is 24.8 Å². The number of carbonyl (C=O) groups excluding carboxylic acids is 1. The summed E-state index contributed by atoms with van der Waals surface area (Å²) in [6.07, 6.45) is 5.88. The van der Waals surface area contributed by atoms with Gasteiger partial charge in [0.05, 0.1) is 12.6 Å². The summed E-state index contributed by atoms with van der Waals surface area (Å²) < 4.78 is 5.25. The summed E-state index contributed by atoms with van der Waals surface area (Å²) in [5.41, 5.74) is 6.35. The van der Waals surface area contributed by atoms with E-state index in [4.69, 9.17) is 10.5 Å². The topological polar surface area (TPSA) is 64.3 Å². The van der Waals surface area contributed by atoms with Gasteiger partial charge in [0.25, 0.3) is 0 Å². The zero-order valence-corrected chi connectivity index (χ0v) is 13.9. The average Bonchev–Trinajstić information content (AvgIpc) is 2.52. The number of ether oxygens (including phenoxy) is 1. The Morgan fingerprint density at radius 2 is 1.82 bits per heavy atom. The van der Waals surface area contributed by atoms with Crippen LogP contribution in [0.25, 0.3) is 0 Å². The average molecular weight is 304 g/mol. The quantitative estimate of drug-likeness (QED) is 0.879. The van der Waals surface area contributed by atoms with Gasteiger partial charge in [0.15, 0.2) is 0 Å². The molecule has 122 valence electrons. The molecule has 4 nitrogen and oxygen atoms in total. The van der Waals surface area contributed by atoms with Crippen molar-refractivity contribution in [3.05, 3.63) is 29.8 Å². The van der Waals surface area contributed by atoms with Gasteiger partial charge in [-0.05, 0) is 44.4 Å². The third-order valence-corrected chi connectivity index (χ3v) is 4.69. The molecule has 1 amide bonds. The first kappa shape index (κ1) is 16.8. The van der Waals surface area contributed by atoms with Gasteiger partial charge < -0.3 is 15.8 Å². The molecule has 22 heavy (non-hydrogen) atoms. The molecule has 1 aromatic rings. The summed E-state index contributed by atoms with van der Waals surface area (Å²) in [5.74, 6) is 0.771. The Balaban J connectivity index is 2.18. The lowest BCUT2D eigenvalue weighted by Crippen LogP contribution is -2.52. The molecule has 1 aliphatic carbocycles. The number of methoxy groups -OCH3 is 1. The second-order valence-corrected chi connectivity index (χ2v) is 6.97. The van der Waals surface area contributed by atoms with Crippen LogP contribution in [0.1, 0.15) is 51.5 Å². The Hall–Kier alpha value is -1.55. The molecule has 0 bridgehead atoms. The van der Waals surface area contributed by atoms with Crippen LogP contribution in [0.5, 0.6) is 5.75 Å². The number of carbonyl (C=O) groups is 1. The summed E-state index contributed by atoms with van der Waals surface area (Å²) in [7, 11) is 1.68. The van der Waals surface area contributed by atoms with Gasteiger partial charge in [0.2, 0.25) is 5.91 Å². The van der Waals surface area contributed by atoms with Gasteiger partial charge in [-0.2, -0.15) is 0 Å². The first-order chi connectivity index (χ1) is 10.4. The van der Waals surface area contributed by atoms with Crippen molar-refractivity contribution in [3.8, 4) is 5.75 Å². The maximum atomic E-state index is 12.1. The highest BCUT2D eigenvalue weighted by atomic mass is 16.5. The lowest BCUT2D eigenvalue weighted by atomic mass is 9.69. The van der Waals surface area contributed by atoms with Crippen LogP contribution in [0, 0.1) is 0 Å². The largest absolute Gasteiger partial charge is 0.497 e. The van der Waals surface area contributed by atoms with Gasteiger partial charge in [0, 0.05) is 12.0 Å². The molecular formula is C18H28N2O2. The number of benzene rings is 1. The number of nitrogens with one attached hydrogen (secondary N) is 1. The number of hydrogen-bond acceptors (Lipinski definition) is 3. The van der Waals surface area contributed by atoms with Crippen molar-refractivity contribution in [1.29, 1.82) is 0 Å². The summed E-state index contributed by atoms with van der Waals surface area (Å²) in [6, 6.07) is 8.26. The summed E-state index contributed by atoms with van der Waals surface area (Å²) >= 11 is 0.